The first-order valence-electron chi connectivity index (χ1n) is 3.82. The van der Waals surface area contributed by atoms with Crippen molar-refractivity contribution >= 4 is 0 Å². The number of rotatable bonds is 1. The molecule has 0 atom stereocenters. The summed E-state index contributed by atoms with van der Waals surface area (Å²) < 4.78 is 19.6. The van der Waals surface area contributed by atoms with Gasteiger partial charge in [-0.25, -0.2) is 4.68 Å². The van der Waals surface area contributed by atoms with Crippen LogP contribution >= 0.6 is 0 Å². The molecule has 0 amide bonds. The van der Waals surface area contributed by atoms with E-state index in [0.717, 1.165) is 6.42 Å². The highest BCUT2D eigenvalue weighted by Gasteiger charge is 2.21. The minimum atomic E-state index is -0.530. The topological polar surface area (TPSA) is 47.3 Å². The number of hydrogen-bond acceptors (Lipinski definition) is 3. The van der Waals surface area contributed by atoms with Crippen LogP contribution in [0, 0.1) is 5.82 Å². The van der Waals surface area contributed by atoms with Crippen molar-refractivity contribution in [3.05, 3.63) is 11.5 Å². The molecule has 0 radical (unpaired) electrons. The van der Waals surface area contributed by atoms with Crippen LogP contribution in [0.1, 0.15) is 12.1 Å². The maximum atomic E-state index is 13.1. The monoisotopic (exact) mass is 172 g/mol. The van der Waals surface area contributed by atoms with Crippen molar-refractivity contribution in [2.75, 3.05) is 6.61 Å². The zero-order chi connectivity index (χ0) is 8.55. The van der Waals surface area contributed by atoms with Crippen molar-refractivity contribution in [2.24, 2.45) is 0 Å². The number of nitrogens with zero attached hydrogens (tertiary/aromatic N) is 2. The lowest BCUT2D eigenvalue weighted by Gasteiger charge is -2.13. The Hall–Kier alpha value is -1.10. The molecule has 1 aliphatic heterocycles. The van der Waals surface area contributed by atoms with Crippen molar-refractivity contribution in [1.29, 1.82) is 0 Å². The molecule has 5 heteroatoms. The maximum absolute atomic E-state index is 13.1. The lowest BCUT2D eigenvalue weighted by molar-refractivity contribution is 0.220. The molecule has 2 heterocycles. The van der Waals surface area contributed by atoms with E-state index in [2.05, 4.69) is 5.10 Å². The minimum Gasteiger partial charge on any atom is -0.476 e. The number of aliphatic hydroxyl groups is 1. The number of halogens is 1. The molecule has 0 spiro atoms. The summed E-state index contributed by atoms with van der Waals surface area (Å²) in [5, 5.41) is 12.5. The van der Waals surface area contributed by atoms with Crippen LogP contribution in [0.25, 0.3) is 0 Å². The summed E-state index contributed by atoms with van der Waals surface area (Å²) in [4.78, 5) is 0. The van der Waals surface area contributed by atoms with Crippen molar-refractivity contribution in [3.63, 3.8) is 0 Å². The third kappa shape index (κ3) is 0.972. The summed E-state index contributed by atoms with van der Waals surface area (Å²) in [7, 11) is 0. The van der Waals surface area contributed by atoms with Crippen LogP contribution in [0.2, 0.25) is 0 Å². The number of fused-ring (bicyclic) bond motifs is 1. The molecular weight excluding hydrogens is 163 g/mol. The molecule has 0 aliphatic carbocycles. The van der Waals surface area contributed by atoms with Crippen molar-refractivity contribution in [3.8, 4) is 5.88 Å². The Morgan fingerprint density at radius 2 is 2.50 bits per heavy atom. The predicted molar refractivity (Wildman–Crippen MR) is 38.2 cm³/mol. The van der Waals surface area contributed by atoms with Gasteiger partial charge in [-0.1, -0.05) is 0 Å². The average molecular weight is 172 g/mol. The highest BCUT2D eigenvalue weighted by Crippen LogP contribution is 2.23. The van der Waals surface area contributed by atoms with Gasteiger partial charge in [0.15, 0.2) is 0 Å². The fourth-order valence-electron chi connectivity index (χ4n) is 1.25. The van der Waals surface area contributed by atoms with Gasteiger partial charge < -0.3 is 9.84 Å². The van der Waals surface area contributed by atoms with Gasteiger partial charge in [0.25, 0.3) is 0 Å². The van der Waals surface area contributed by atoms with Crippen LogP contribution in [-0.2, 0) is 13.2 Å². The summed E-state index contributed by atoms with van der Waals surface area (Å²) in [6.07, 6.45) is 0.832. The van der Waals surface area contributed by atoms with Crippen LogP contribution in [0.5, 0.6) is 5.88 Å². The summed E-state index contributed by atoms with van der Waals surface area (Å²) in [6, 6.07) is 0. The van der Waals surface area contributed by atoms with Gasteiger partial charge in [0.1, 0.15) is 5.69 Å². The molecule has 0 aromatic carbocycles. The van der Waals surface area contributed by atoms with Gasteiger partial charge in [-0.2, -0.15) is 9.49 Å². The van der Waals surface area contributed by atoms with E-state index in [1.807, 2.05) is 0 Å². The Morgan fingerprint density at radius 3 is 3.17 bits per heavy atom. The average Bonchev–Trinajstić information content (AvgIpc) is 2.44. The van der Waals surface area contributed by atoms with Gasteiger partial charge in [-0.3, -0.25) is 0 Å². The van der Waals surface area contributed by atoms with Crippen LogP contribution in [-0.4, -0.2) is 21.5 Å². The van der Waals surface area contributed by atoms with Gasteiger partial charge in [-0.15, -0.1) is 0 Å². The Labute approximate surface area is 68.6 Å². The smallest absolute Gasteiger partial charge is 0.249 e. The molecule has 1 N–H and O–H groups in total. The summed E-state index contributed by atoms with van der Waals surface area (Å²) in [6.45, 7) is 0.801. The number of aliphatic hydroxyl groups excluding tert-OH is 1. The van der Waals surface area contributed by atoms with Crippen molar-refractivity contribution < 1.29 is 14.2 Å². The molecular formula is C7H9FN2O2. The Morgan fingerprint density at radius 1 is 1.67 bits per heavy atom. The molecule has 12 heavy (non-hydrogen) atoms. The number of ether oxygens (including phenoxy) is 1. The Kier molecular flexibility index (Phi) is 1.73. The summed E-state index contributed by atoms with van der Waals surface area (Å²) in [5.74, 6) is -0.373. The highest BCUT2D eigenvalue weighted by atomic mass is 19.1. The molecule has 1 aliphatic rings. The van der Waals surface area contributed by atoms with Gasteiger partial charge in [-0.05, 0) is 0 Å². The van der Waals surface area contributed by atoms with E-state index < -0.39 is 5.82 Å². The first kappa shape index (κ1) is 7.54. The number of hydrogen-bond donors (Lipinski definition) is 1. The molecule has 0 bridgehead atoms. The van der Waals surface area contributed by atoms with E-state index in [4.69, 9.17) is 9.84 Å². The van der Waals surface area contributed by atoms with E-state index in [0.29, 0.717) is 13.2 Å². The van der Waals surface area contributed by atoms with Gasteiger partial charge in [0.05, 0.1) is 13.2 Å². The highest BCUT2D eigenvalue weighted by molar-refractivity contribution is 5.20. The molecule has 66 valence electrons. The summed E-state index contributed by atoms with van der Waals surface area (Å²) >= 11 is 0. The van der Waals surface area contributed by atoms with Gasteiger partial charge >= 0.3 is 0 Å². The third-order valence-corrected chi connectivity index (χ3v) is 1.82. The van der Waals surface area contributed by atoms with Crippen LogP contribution < -0.4 is 4.74 Å². The normalized spacial score (nSPS) is 15.5. The fraction of sp³-hybridized carbons (Fsp3) is 0.571. The van der Waals surface area contributed by atoms with Crippen molar-refractivity contribution in [1.82, 2.24) is 9.78 Å². The molecule has 0 saturated heterocycles. The van der Waals surface area contributed by atoms with Crippen LogP contribution in [0.3, 0.4) is 0 Å². The second-order valence-electron chi connectivity index (χ2n) is 2.65. The second-order valence-corrected chi connectivity index (χ2v) is 2.65. The lowest BCUT2D eigenvalue weighted by atomic mass is 10.4. The Balaban J connectivity index is 2.44. The van der Waals surface area contributed by atoms with E-state index in [-0.39, 0.29) is 18.2 Å². The zero-order valence-corrected chi connectivity index (χ0v) is 6.46. The van der Waals surface area contributed by atoms with Gasteiger partial charge in [0.2, 0.25) is 11.7 Å². The van der Waals surface area contributed by atoms with Gasteiger partial charge in [0, 0.05) is 13.0 Å². The first-order chi connectivity index (χ1) is 5.83. The second kappa shape index (κ2) is 2.75. The quantitative estimate of drug-likeness (QED) is 0.662. The van der Waals surface area contributed by atoms with E-state index in [1.165, 1.54) is 4.68 Å². The molecule has 2 rings (SSSR count). The van der Waals surface area contributed by atoms with Crippen LogP contribution in [0.4, 0.5) is 4.39 Å². The summed E-state index contributed by atoms with van der Waals surface area (Å²) in [5.41, 5.74) is 0.0619. The number of aryl methyl sites for hydroxylation is 1. The zero-order valence-electron chi connectivity index (χ0n) is 6.46. The van der Waals surface area contributed by atoms with Crippen molar-refractivity contribution in [2.45, 2.75) is 19.6 Å². The van der Waals surface area contributed by atoms with Crippen LogP contribution in [0.15, 0.2) is 0 Å². The van der Waals surface area contributed by atoms with E-state index >= 15 is 0 Å². The number of aromatic nitrogens is 2. The molecule has 1 aromatic rings. The third-order valence-electron chi connectivity index (χ3n) is 1.82. The maximum Gasteiger partial charge on any atom is 0.249 e. The molecule has 0 unspecified atom stereocenters. The SMILES string of the molecule is OCc1nn2c(c1F)OCCC2. The fourth-order valence-corrected chi connectivity index (χ4v) is 1.25. The minimum absolute atomic E-state index is 0.0619. The lowest BCUT2D eigenvalue weighted by Crippen LogP contribution is -2.15. The predicted octanol–water partition coefficient (Wildman–Crippen LogP) is 0.297. The molecule has 0 fully saturated rings. The first-order valence-corrected chi connectivity index (χ1v) is 3.82. The molecule has 4 nitrogen and oxygen atoms in total. The van der Waals surface area contributed by atoms with E-state index in [9.17, 15) is 4.39 Å². The molecule has 1 aromatic heterocycles. The standard InChI is InChI=1S/C7H9FN2O2/c8-6-5(4-11)9-10-2-1-3-12-7(6)10/h11H,1-4H2. The van der Waals surface area contributed by atoms with E-state index in [1.54, 1.807) is 0 Å². The Bertz CT molecular complexity index is 298. The largest absolute Gasteiger partial charge is 0.476 e. The molecule has 0 saturated carbocycles.